The SMILES string of the molecule is CCC(O)C(=O)O.[H-].[H-].[Mg+2]. The maximum Gasteiger partial charge on any atom is 2.00 e. The zero-order valence-electron chi connectivity index (χ0n) is 6.79. The summed E-state index contributed by atoms with van der Waals surface area (Å²) < 4.78 is 0. The third-order valence-corrected chi connectivity index (χ3v) is 0.672. The van der Waals surface area contributed by atoms with Crippen LogP contribution in [0.1, 0.15) is 16.2 Å². The maximum atomic E-state index is 9.68. The zero-order chi connectivity index (χ0) is 5.86. The van der Waals surface area contributed by atoms with Gasteiger partial charge in [-0.05, 0) is 6.42 Å². The first-order valence-electron chi connectivity index (χ1n) is 2.09. The summed E-state index contributed by atoms with van der Waals surface area (Å²) in [4.78, 5) is 9.68. The number of hydrogen-bond donors (Lipinski definition) is 2. The minimum atomic E-state index is -1.18. The smallest absolute Gasteiger partial charge is 1.00 e. The van der Waals surface area contributed by atoms with Crippen LogP contribution < -0.4 is 0 Å². The molecule has 3 nitrogen and oxygen atoms in total. The molecule has 8 heavy (non-hydrogen) atoms. The Morgan fingerprint density at radius 1 is 1.88 bits per heavy atom. The first kappa shape index (κ1) is 11.1. The molecular weight excluding hydrogens is 120 g/mol. The minimum absolute atomic E-state index is 0. The fraction of sp³-hybridized carbons (Fsp3) is 0.750. The van der Waals surface area contributed by atoms with E-state index in [0.29, 0.717) is 0 Å². The van der Waals surface area contributed by atoms with Gasteiger partial charge in [0.15, 0.2) is 6.10 Å². The number of hydrogen-bond acceptors (Lipinski definition) is 2. The van der Waals surface area contributed by atoms with Crippen LogP contribution in [0.3, 0.4) is 0 Å². The van der Waals surface area contributed by atoms with Gasteiger partial charge in [0.25, 0.3) is 0 Å². The van der Waals surface area contributed by atoms with E-state index in [4.69, 9.17) is 10.2 Å². The molecule has 0 aromatic carbocycles. The van der Waals surface area contributed by atoms with E-state index in [1.807, 2.05) is 0 Å². The van der Waals surface area contributed by atoms with Crippen LogP contribution in [0.5, 0.6) is 0 Å². The second-order valence-corrected chi connectivity index (χ2v) is 1.26. The van der Waals surface area contributed by atoms with Crippen LogP contribution in [0.4, 0.5) is 0 Å². The van der Waals surface area contributed by atoms with E-state index in [2.05, 4.69) is 0 Å². The molecule has 4 heteroatoms. The van der Waals surface area contributed by atoms with Gasteiger partial charge in [-0.1, -0.05) is 6.92 Å². The molecular formula is C4H10MgO3. The number of carbonyl (C=O) groups is 1. The molecule has 0 saturated heterocycles. The molecule has 0 heterocycles. The minimum Gasteiger partial charge on any atom is -1.00 e. The Bertz CT molecular complexity index is 80.9. The molecule has 0 aliphatic heterocycles. The second kappa shape index (κ2) is 5.34. The molecule has 0 rings (SSSR count). The summed E-state index contributed by atoms with van der Waals surface area (Å²) in [7, 11) is 0. The van der Waals surface area contributed by atoms with Crippen molar-refractivity contribution in [3.8, 4) is 0 Å². The summed E-state index contributed by atoms with van der Waals surface area (Å²) in [6.45, 7) is 1.61. The largest absolute Gasteiger partial charge is 2.00 e. The Balaban J connectivity index is -0.0000000600. The van der Waals surface area contributed by atoms with Gasteiger partial charge in [0.05, 0.1) is 0 Å². The van der Waals surface area contributed by atoms with E-state index in [1.54, 1.807) is 6.92 Å². The molecule has 0 radical (unpaired) electrons. The summed E-state index contributed by atoms with van der Waals surface area (Å²) in [6, 6.07) is 0. The first-order chi connectivity index (χ1) is 3.18. The molecule has 0 fully saturated rings. The zero-order valence-corrected chi connectivity index (χ0v) is 6.21. The quantitative estimate of drug-likeness (QED) is 0.504. The normalized spacial score (nSPS) is 11.8. The number of aliphatic hydroxyl groups excluding tert-OH is 1. The Kier molecular flexibility index (Phi) is 7.37. The van der Waals surface area contributed by atoms with Crippen molar-refractivity contribution in [2.45, 2.75) is 19.4 Å². The van der Waals surface area contributed by atoms with E-state index >= 15 is 0 Å². The van der Waals surface area contributed by atoms with Crippen molar-refractivity contribution in [2.24, 2.45) is 0 Å². The Morgan fingerprint density at radius 2 is 2.25 bits per heavy atom. The number of aliphatic hydroxyl groups is 1. The van der Waals surface area contributed by atoms with Crippen molar-refractivity contribution in [2.75, 3.05) is 0 Å². The first-order valence-corrected chi connectivity index (χ1v) is 2.09. The average molecular weight is 130 g/mol. The molecule has 0 saturated carbocycles. The Morgan fingerprint density at radius 3 is 2.25 bits per heavy atom. The van der Waals surface area contributed by atoms with Gasteiger partial charge >= 0.3 is 29.0 Å². The van der Waals surface area contributed by atoms with E-state index in [0.717, 1.165) is 0 Å². The van der Waals surface area contributed by atoms with Crippen LogP contribution in [0, 0.1) is 0 Å². The predicted octanol–water partition coefficient (Wildman–Crippen LogP) is -0.314. The second-order valence-electron chi connectivity index (χ2n) is 1.26. The predicted molar refractivity (Wildman–Crippen MR) is 31.9 cm³/mol. The number of carboxylic acids is 1. The van der Waals surface area contributed by atoms with Crippen LogP contribution in [0.15, 0.2) is 0 Å². The van der Waals surface area contributed by atoms with Gasteiger partial charge < -0.3 is 13.1 Å². The molecule has 0 spiro atoms. The molecule has 46 valence electrons. The van der Waals surface area contributed by atoms with Crippen LogP contribution >= 0.6 is 0 Å². The topological polar surface area (TPSA) is 57.5 Å². The van der Waals surface area contributed by atoms with Crippen molar-refractivity contribution in [1.82, 2.24) is 0 Å². The van der Waals surface area contributed by atoms with Crippen LogP contribution in [-0.2, 0) is 4.79 Å². The fourth-order valence-corrected chi connectivity index (χ4v) is 0.175. The summed E-state index contributed by atoms with van der Waals surface area (Å²) in [5, 5.41) is 16.3. The van der Waals surface area contributed by atoms with Crippen molar-refractivity contribution in [1.29, 1.82) is 0 Å². The van der Waals surface area contributed by atoms with E-state index in [1.165, 1.54) is 0 Å². The van der Waals surface area contributed by atoms with E-state index < -0.39 is 12.1 Å². The molecule has 0 aliphatic rings. The van der Waals surface area contributed by atoms with Gasteiger partial charge in [-0.3, -0.25) is 0 Å². The molecule has 1 unspecified atom stereocenters. The van der Waals surface area contributed by atoms with Gasteiger partial charge in [-0.2, -0.15) is 0 Å². The van der Waals surface area contributed by atoms with Gasteiger partial charge in [0.2, 0.25) is 0 Å². The van der Waals surface area contributed by atoms with Crippen molar-refractivity contribution >= 4 is 29.0 Å². The Hall–Kier alpha value is 0.196. The molecule has 0 aliphatic carbocycles. The van der Waals surface area contributed by atoms with Gasteiger partial charge in [-0.15, -0.1) is 0 Å². The Labute approximate surface area is 66.8 Å². The van der Waals surface area contributed by atoms with Crippen LogP contribution in [0.25, 0.3) is 0 Å². The average Bonchev–Trinajstić information content (AvgIpc) is 1.65. The van der Waals surface area contributed by atoms with Gasteiger partial charge in [-0.25, -0.2) is 4.79 Å². The standard InChI is InChI=1S/C4H8O3.Mg.2H/c1-2-3(5)4(6)7;;;/h3,5H,2H2,1H3,(H,6,7);;;/q;+2;2*-1. The molecule has 0 bridgehead atoms. The summed E-state index contributed by atoms with van der Waals surface area (Å²) in [6.07, 6.45) is -0.907. The number of aliphatic carboxylic acids is 1. The van der Waals surface area contributed by atoms with Crippen molar-refractivity contribution in [3.05, 3.63) is 0 Å². The van der Waals surface area contributed by atoms with Gasteiger partial charge in [0.1, 0.15) is 0 Å². The third-order valence-electron chi connectivity index (χ3n) is 0.672. The van der Waals surface area contributed by atoms with Crippen molar-refractivity contribution in [3.63, 3.8) is 0 Å². The summed E-state index contributed by atoms with van der Waals surface area (Å²) >= 11 is 0. The molecule has 1 atom stereocenters. The van der Waals surface area contributed by atoms with E-state index in [9.17, 15) is 4.79 Å². The molecule has 0 aromatic rings. The number of carboxylic acid groups (broad SMARTS) is 1. The summed E-state index contributed by atoms with van der Waals surface area (Å²) in [5.41, 5.74) is 0. The molecule has 0 amide bonds. The van der Waals surface area contributed by atoms with Crippen LogP contribution in [-0.4, -0.2) is 45.3 Å². The molecule has 2 N–H and O–H groups in total. The summed E-state index contributed by atoms with van der Waals surface area (Å²) in [5.74, 6) is -1.15. The number of rotatable bonds is 2. The van der Waals surface area contributed by atoms with E-state index in [-0.39, 0.29) is 32.3 Å². The molecule has 0 aromatic heterocycles. The fourth-order valence-electron chi connectivity index (χ4n) is 0.175. The van der Waals surface area contributed by atoms with Gasteiger partial charge in [0, 0.05) is 0 Å². The monoisotopic (exact) mass is 130 g/mol. The van der Waals surface area contributed by atoms with Crippen molar-refractivity contribution < 1.29 is 17.9 Å². The van der Waals surface area contributed by atoms with Crippen LogP contribution in [0.2, 0.25) is 0 Å². The third kappa shape index (κ3) is 4.36. The maximum absolute atomic E-state index is 9.68.